The van der Waals surface area contributed by atoms with Crippen LogP contribution in [0.5, 0.6) is 11.5 Å². The van der Waals surface area contributed by atoms with Gasteiger partial charge in [-0.15, -0.1) is 0 Å². The van der Waals surface area contributed by atoms with Crippen LogP contribution in [0, 0.1) is 0 Å². The molecule has 1 amide bonds. The van der Waals surface area contributed by atoms with Gasteiger partial charge in [0, 0.05) is 31.4 Å². The lowest BCUT2D eigenvalue weighted by Gasteiger charge is -2.26. The summed E-state index contributed by atoms with van der Waals surface area (Å²) in [6.45, 7) is 3.60. The highest BCUT2D eigenvalue weighted by molar-refractivity contribution is 6.00. The molecule has 2 heterocycles. The highest BCUT2D eigenvalue weighted by Crippen LogP contribution is 2.44. The predicted octanol–water partition coefficient (Wildman–Crippen LogP) is 3.76. The number of methoxy groups -OCH3 is 1. The molecule has 0 fully saturated rings. The summed E-state index contributed by atoms with van der Waals surface area (Å²) in [6, 6.07) is 14.5. The number of amides is 1. The van der Waals surface area contributed by atoms with Crippen molar-refractivity contribution in [3.8, 4) is 22.8 Å². The highest BCUT2D eigenvalue weighted by atomic mass is 16.5. The molecule has 0 saturated heterocycles. The molecule has 4 rings (SSSR count). The van der Waals surface area contributed by atoms with E-state index >= 15 is 0 Å². The standard InChI is InChI=1S/C23H25N3O4/c1-3-30-16-9-6-8-15(14-16)22-19-20(17-10-4-5-11-18(17)27)24-25-21(19)23(28)26(22)12-7-13-29-2/h4-6,8-11,14,22,27H,3,7,12-13H2,1-2H3,(H,24,25)/t22-/m1/s1. The lowest BCUT2D eigenvalue weighted by atomic mass is 9.95. The number of aromatic nitrogens is 2. The molecule has 30 heavy (non-hydrogen) atoms. The number of aromatic hydroxyl groups is 1. The van der Waals surface area contributed by atoms with E-state index in [0.29, 0.717) is 43.1 Å². The molecule has 1 aliphatic heterocycles. The molecule has 7 heteroatoms. The number of aromatic amines is 1. The lowest BCUT2D eigenvalue weighted by molar-refractivity contribution is 0.0723. The molecule has 0 bridgehead atoms. The minimum absolute atomic E-state index is 0.109. The molecule has 3 aromatic rings. The van der Waals surface area contributed by atoms with Crippen molar-refractivity contribution in [1.82, 2.24) is 15.1 Å². The number of phenols is 1. The molecule has 0 unspecified atom stereocenters. The maximum atomic E-state index is 13.2. The molecule has 0 spiro atoms. The predicted molar refractivity (Wildman–Crippen MR) is 113 cm³/mol. The van der Waals surface area contributed by atoms with Gasteiger partial charge in [-0.1, -0.05) is 24.3 Å². The van der Waals surface area contributed by atoms with Gasteiger partial charge in [0.2, 0.25) is 0 Å². The lowest BCUT2D eigenvalue weighted by Crippen LogP contribution is -2.31. The van der Waals surface area contributed by atoms with Crippen molar-refractivity contribution >= 4 is 5.91 Å². The molecule has 2 aromatic carbocycles. The second-order valence-electron chi connectivity index (χ2n) is 7.13. The number of ether oxygens (including phenoxy) is 2. The largest absolute Gasteiger partial charge is 0.507 e. The van der Waals surface area contributed by atoms with Crippen molar-refractivity contribution in [2.24, 2.45) is 0 Å². The molecule has 7 nitrogen and oxygen atoms in total. The van der Waals surface area contributed by atoms with Crippen molar-refractivity contribution in [2.75, 3.05) is 26.9 Å². The summed E-state index contributed by atoms with van der Waals surface area (Å²) in [5, 5.41) is 17.7. The number of benzene rings is 2. The number of carbonyl (C=O) groups is 1. The third-order valence-electron chi connectivity index (χ3n) is 5.26. The fourth-order valence-electron chi connectivity index (χ4n) is 3.97. The monoisotopic (exact) mass is 407 g/mol. The van der Waals surface area contributed by atoms with Crippen molar-refractivity contribution in [3.05, 3.63) is 65.4 Å². The van der Waals surface area contributed by atoms with Gasteiger partial charge in [0.25, 0.3) is 5.91 Å². The summed E-state index contributed by atoms with van der Waals surface area (Å²) in [7, 11) is 1.65. The fraction of sp³-hybridized carbons (Fsp3) is 0.304. The van der Waals surface area contributed by atoms with Crippen LogP contribution in [0.3, 0.4) is 0 Å². The Morgan fingerprint density at radius 3 is 2.80 bits per heavy atom. The van der Waals surface area contributed by atoms with E-state index in [4.69, 9.17) is 9.47 Å². The van der Waals surface area contributed by atoms with Gasteiger partial charge in [-0.2, -0.15) is 5.10 Å². The number of nitrogens with one attached hydrogen (secondary N) is 1. The van der Waals surface area contributed by atoms with E-state index in [1.54, 1.807) is 25.3 Å². The molecule has 1 aromatic heterocycles. The second-order valence-corrected chi connectivity index (χ2v) is 7.13. The van der Waals surface area contributed by atoms with Gasteiger partial charge in [-0.05, 0) is 43.2 Å². The van der Waals surface area contributed by atoms with E-state index in [1.807, 2.05) is 42.2 Å². The smallest absolute Gasteiger partial charge is 0.273 e. The number of carbonyl (C=O) groups excluding carboxylic acids is 1. The first-order valence-corrected chi connectivity index (χ1v) is 10.0. The first-order valence-electron chi connectivity index (χ1n) is 10.0. The van der Waals surface area contributed by atoms with Crippen LogP contribution in [0.15, 0.2) is 48.5 Å². The van der Waals surface area contributed by atoms with Gasteiger partial charge < -0.3 is 19.5 Å². The topological polar surface area (TPSA) is 87.7 Å². The van der Waals surface area contributed by atoms with Crippen LogP contribution in [0.25, 0.3) is 11.3 Å². The first kappa shape index (κ1) is 20.0. The Bertz CT molecular complexity index is 1050. The van der Waals surface area contributed by atoms with Gasteiger partial charge in [0.05, 0.1) is 12.6 Å². The Labute approximate surface area is 175 Å². The van der Waals surface area contributed by atoms with E-state index < -0.39 is 0 Å². The second kappa shape index (κ2) is 8.59. The number of nitrogens with zero attached hydrogens (tertiary/aromatic N) is 2. The van der Waals surface area contributed by atoms with Crippen molar-refractivity contribution in [2.45, 2.75) is 19.4 Å². The molecular formula is C23H25N3O4. The third kappa shape index (κ3) is 3.52. The summed E-state index contributed by atoms with van der Waals surface area (Å²) < 4.78 is 10.9. The van der Waals surface area contributed by atoms with Crippen LogP contribution in [-0.2, 0) is 4.74 Å². The summed E-state index contributed by atoms with van der Waals surface area (Å²) >= 11 is 0. The molecule has 1 aliphatic rings. The Hall–Kier alpha value is -3.32. The Morgan fingerprint density at radius 2 is 2.03 bits per heavy atom. The minimum atomic E-state index is -0.335. The maximum Gasteiger partial charge on any atom is 0.273 e. The highest BCUT2D eigenvalue weighted by Gasteiger charge is 2.42. The molecule has 0 saturated carbocycles. The van der Waals surface area contributed by atoms with Gasteiger partial charge in [-0.25, -0.2) is 0 Å². The van der Waals surface area contributed by atoms with E-state index in [-0.39, 0.29) is 17.7 Å². The molecule has 0 aliphatic carbocycles. The van der Waals surface area contributed by atoms with Crippen molar-refractivity contribution in [1.29, 1.82) is 0 Å². The summed E-state index contributed by atoms with van der Waals surface area (Å²) in [4.78, 5) is 15.1. The third-order valence-corrected chi connectivity index (χ3v) is 5.26. The average molecular weight is 407 g/mol. The number of H-pyrrole nitrogens is 1. The van der Waals surface area contributed by atoms with Crippen LogP contribution in [0.1, 0.15) is 41.0 Å². The average Bonchev–Trinajstić information content (AvgIpc) is 3.28. The van der Waals surface area contributed by atoms with Gasteiger partial charge in [-0.3, -0.25) is 9.89 Å². The molecular weight excluding hydrogens is 382 g/mol. The van der Waals surface area contributed by atoms with Crippen molar-refractivity contribution < 1.29 is 19.4 Å². The Kier molecular flexibility index (Phi) is 5.72. The molecule has 156 valence electrons. The number of hydrogen-bond acceptors (Lipinski definition) is 5. The number of para-hydroxylation sites is 1. The first-order chi connectivity index (χ1) is 14.7. The molecule has 2 N–H and O–H groups in total. The van der Waals surface area contributed by atoms with Crippen LogP contribution < -0.4 is 4.74 Å². The number of phenolic OH excluding ortho intramolecular Hbond substituents is 1. The van der Waals surface area contributed by atoms with E-state index in [9.17, 15) is 9.90 Å². The number of fused-ring (bicyclic) bond motifs is 1. The summed E-state index contributed by atoms with van der Waals surface area (Å²) in [5.41, 5.74) is 3.33. The minimum Gasteiger partial charge on any atom is -0.507 e. The summed E-state index contributed by atoms with van der Waals surface area (Å²) in [6.07, 6.45) is 0.716. The quantitative estimate of drug-likeness (QED) is 0.555. The zero-order valence-corrected chi connectivity index (χ0v) is 17.1. The maximum absolute atomic E-state index is 13.2. The van der Waals surface area contributed by atoms with Gasteiger partial charge >= 0.3 is 0 Å². The summed E-state index contributed by atoms with van der Waals surface area (Å²) in [5.74, 6) is 0.765. The van der Waals surface area contributed by atoms with E-state index in [2.05, 4.69) is 10.2 Å². The number of rotatable bonds is 8. The van der Waals surface area contributed by atoms with Crippen LogP contribution in [-0.4, -0.2) is 53.0 Å². The zero-order chi connectivity index (χ0) is 21.1. The van der Waals surface area contributed by atoms with E-state index in [0.717, 1.165) is 16.9 Å². The van der Waals surface area contributed by atoms with Gasteiger partial charge in [0.1, 0.15) is 22.9 Å². The molecule has 0 radical (unpaired) electrons. The molecule has 1 atom stereocenters. The SMILES string of the molecule is CCOc1cccc([C@@H]2c3c(-c4ccccc4O)n[nH]c3C(=O)N2CCCOC)c1. The Morgan fingerprint density at radius 1 is 1.20 bits per heavy atom. The Balaban J connectivity index is 1.83. The van der Waals surface area contributed by atoms with E-state index in [1.165, 1.54) is 0 Å². The van der Waals surface area contributed by atoms with Crippen LogP contribution >= 0.6 is 0 Å². The van der Waals surface area contributed by atoms with Gasteiger partial charge in [0.15, 0.2) is 0 Å². The van der Waals surface area contributed by atoms with Crippen molar-refractivity contribution in [3.63, 3.8) is 0 Å². The zero-order valence-electron chi connectivity index (χ0n) is 17.1. The fourth-order valence-corrected chi connectivity index (χ4v) is 3.97. The normalized spacial score (nSPS) is 15.5. The van der Waals surface area contributed by atoms with Crippen LogP contribution in [0.2, 0.25) is 0 Å². The van der Waals surface area contributed by atoms with Crippen LogP contribution in [0.4, 0.5) is 0 Å². The number of hydrogen-bond donors (Lipinski definition) is 2.